The van der Waals surface area contributed by atoms with Crippen molar-refractivity contribution in [2.75, 3.05) is 18.0 Å². The summed E-state index contributed by atoms with van der Waals surface area (Å²) in [6.45, 7) is 5.35. The molecular formula is C15H18ClN5O3. The molecule has 3 rings (SSSR count). The number of benzene rings is 1. The Balaban J connectivity index is 2.08. The van der Waals surface area contributed by atoms with E-state index in [1.807, 2.05) is 0 Å². The molecule has 1 saturated heterocycles. The quantitative estimate of drug-likeness (QED) is 0.367. The van der Waals surface area contributed by atoms with Gasteiger partial charge in [0.05, 0.1) is 13.1 Å². The fourth-order valence-corrected chi connectivity index (χ4v) is 3.43. The van der Waals surface area contributed by atoms with E-state index in [4.69, 9.17) is 11.6 Å². The summed E-state index contributed by atoms with van der Waals surface area (Å²) >= 11 is 5.85. The highest BCUT2D eigenvalue weighted by Gasteiger charge is 2.36. The van der Waals surface area contributed by atoms with E-state index in [0.29, 0.717) is 40.5 Å². The van der Waals surface area contributed by atoms with E-state index < -0.39 is 10.7 Å². The van der Waals surface area contributed by atoms with Gasteiger partial charge >= 0.3 is 11.6 Å². The van der Waals surface area contributed by atoms with Gasteiger partial charge in [-0.05, 0) is 47.4 Å². The average molecular weight is 352 g/mol. The number of nitrogens with zero attached hydrogens (tertiary/aromatic N) is 5. The van der Waals surface area contributed by atoms with Crippen LogP contribution in [-0.4, -0.2) is 27.9 Å². The van der Waals surface area contributed by atoms with Crippen molar-refractivity contribution in [3.63, 3.8) is 0 Å². The van der Waals surface area contributed by atoms with E-state index in [1.165, 1.54) is 0 Å². The van der Waals surface area contributed by atoms with Gasteiger partial charge < -0.3 is 15.3 Å². The van der Waals surface area contributed by atoms with Crippen molar-refractivity contribution in [3.05, 3.63) is 44.6 Å². The molecule has 1 fully saturated rings. The van der Waals surface area contributed by atoms with Gasteiger partial charge in [-0.3, -0.25) is 4.90 Å². The van der Waals surface area contributed by atoms with Crippen LogP contribution in [0, 0.1) is 27.2 Å². The molecule has 0 N–H and O–H groups in total. The monoisotopic (exact) mass is 351 g/mol. The van der Waals surface area contributed by atoms with Crippen molar-refractivity contribution in [2.45, 2.75) is 20.3 Å². The van der Waals surface area contributed by atoms with Gasteiger partial charge in [-0.2, -0.15) is 4.85 Å². The molecule has 0 amide bonds. The van der Waals surface area contributed by atoms with Crippen molar-refractivity contribution in [1.29, 1.82) is 0 Å². The van der Waals surface area contributed by atoms with E-state index in [1.54, 1.807) is 29.2 Å². The van der Waals surface area contributed by atoms with Gasteiger partial charge in [-0.1, -0.05) is 30.2 Å². The number of aromatic nitrogens is 3. The first-order chi connectivity index (χ1) is 11.4. The van der Waals surface area contributed by atoms with E-state index in [2.05, 4.69) is 18.9 Å². The van der Waals surface area contributed by atoms with Crippen LogP contribution in [-0.2, 0) is 0 Å². The molecule has 9 heteroatoms. The zero-order chi connectivity index (χ0) is 17.4. The Morgan fingerprint density at radius 3 is 2.38 bits per heavy atom. The van der Waals surface area contributed by atoms with Gasteiger partial charge in [0, 0.05) is 10.1 Å². The predicted octanol–water partition coefficient (Wildman–Crippen LogP) is 2.55. The second-order valence-electron chi connectivity index (χ2n) is 6.39. The van der Waals surface area contributed by atoms with Crippen molar-refractivity contribution in [2.24, 2.45) is 11.8 Å². The van der Waals surface area contributed by atoms with Gasteiger partial charge in [0.1, 0.15) is 5.69 Å². The first-order valence-corrected chi connectivity index (χ1v) is 8.12. The summed E-state index contributed by atoms with van der Waals surface area (Å²) in [5.74, 6) is 0.272. The van der Waals surface area contributed by atoms with Gasteiger partial charge in [0.25, 0.3) is 0 Å². The maximum absolute atomic E-state index is 12.7. The lowest BCUT2D eigenvalue weighted by atomic mass is 9.92. The van der Waals surface area contributed by atoms with Gasteiger partial charge in [0.15, 0.2) is 0 Å². The maximum atomic E-state index is 12.7. The second kappa shape index (κ2) is 6.27. The topological polar surface area (TPSA) is 91.1 Å². The number of nitro groups is 1. The minimum atomic E-state index is -0.611. The standard InChI is InChI=1S/C15H18ClN5O3/c1-10-7-11(2)9-18(8-10)15-14(21(23)24)17-19(20(15)22)13-5-3-12(16)4-6-13/h3-6,10-11H,7-9H2,1-2H3/t10-,11-/m1/s1. The van der Waals surface area contributed by atoms with Crippen molar-refractivity contribution < 1.29 is 9.77 Å². The van der Waals surface area contributed by atoms with E-state index in [0.717, 1.165) is 11.2 Å². The molecule has 1 aromatic heterocycles. The molecule has 2 heterocycles. The average Bonchev–Trinajstić information content (AvgIpc) is 2.85. The number of anilines is 1. The minimum Gasteiger partial charge on any atom is -0.723 e. The molecule has 128 valence electrons. The lowest BCUT2D eigenvalue weighted by molar-refractivity contribution is -0.677. The zero-order valence-electron chi connectivity index (χ0n) is 13.4. The van der Waals surface area contributed by atoms with Crippen LogP contribution < -0.4 is 9.75 Å². The van der Waals surface area contributed by atoms with Crippen LogP contribution in [0.15, 0.2) is 24.3 Å². The van der Waals surface area contributed by atoms with Crippen molar-refractivity contribution in [1.82, 2.24) is 9.90 Å². The molecule has 1 aliphatic heterocycles. The minimum absolute atomic E-state index is 0.00616. The fraction of sp³-hybridized carbons (Fsp3) is 0.467. The van der Waals surface area contributed by atoms with Crippen molar-refractivity contribution >= 4 is 23.2 Å². The highest BCUT2D eigenvalue weighted by atomic mass is 35.5. The van der Waals surface area contributed by atoms with Gasteiger partial charge in [-0.15, -0.1) is 0 Å². The molecule has 0 aliphatic carbocycles. The lowest BCUT2D eigenvalue weighted by Gasteiger charge is -2.32. The largest absolute Gasteiger partial charge is 0.723 e. The van der Waals surface area contributed by atoms with Crippen LogP contribution in [0.5, 0.6) is 0 Å². The summed E-state index contributed by atoms with van der Waals surface area (Å²) in [6.07, 6.45) is 1.04. The Morgan fingerprint density at radius 2 is 1.83 bits per heavy atom. The van der Waals surface area contributed by atoms with Crippen LogP contribution in [0.3, 0.4) is 0 Å². The molecule has 2 aromatic rings. The summed E-state index contributed by atoms with van der Waals surface area (Å²) < 4.78 is 0. The summed E-state index contributed by atoms with van der Waals surface area (Å²) in [5.41, 5.74) is 0.418. The van der Waals surface area contributed by atoms with E-state index in [9.17, 15) is 15.3 Å². The molecule has 1 aliphatic rings. The third-order valence-electron chi connectivity index (χ3n) is 4.14. The molecule has 0 radical (unpaired) electrons. The van der Waals surface area contributed by atoms with E-state index in [-0.39, 0.29) is 5.82 Å². The second-order valence-corrected chi connectivity index (χ2v) is 6.83. The Labute approximate surface area is 144 Å². The molecule has 0 unspecified atom stereocenters. The lowest BCUT2D eigenvalue weighted by Crippen LogP contribution is -2.47. The highest BCUT2D eigenvalue weighted by Crippen LogP contribution is 2.29. The molecule has 24 heavy (non-hydrogen) atoms. The Morgan fingerprint density at radius 1 is 1.25 bits per heavy atom. The summed E-state index contributed by atoms with van der Waals surface area (Å²) in [4.78, 5) is 14.1. The summed E-state index contributed by atoms with van der Waals surface area (Å²) in [5, 5.41) is 28.6. The number of hydrogen-bond acceptors (Lipinski definition) is 5. The summed E-state index contributed by atoms with van der Waals surface area (Å²) in [6, 6.07) is 6.40. The smallest absolute Gasteiger partial charge is 0.428 e. The first-order valence-electron chi connectivity index (χ1n) is 7.75. The zero-order valence-corrected chi connectivity index (χ0v) is 14.2. The first kappa shape index (κ1) is 16.5. The number of piperidine rings is 1. The third-order valence-corrected chi connectivity index (χ3v) is 4.39. The molecule has 8 nitrogen and oxygen atoms in total. The van der Waals surface area contributed by atoms with Crippen LogP contribution in [0.25, 0.3) is 5.69 Å². The normalized spacial score (nSPS) is 21.0. The van der Waals surface area contributed by atoms with Crippen LogP contribution >= 0.6 is 11.6 Å². The molecule has 0 spiro atoms. The number of hydrogen-bond donors (Lipinski definition) is 0. The van der Waals surface area contributed by atoms with Gasteiger partial charge in [0.2, 0.25) is 0 Å². The molecule has 0 bridgehead atoms. The summed E-state index contributed by atoms with van der Waals surface area (Å²) in [7, 11) is 0. The van der Waals surface area contributed by atoms with Crippen LogP contribution in [0.4, 0.5) is 11.6 Å². The third kappa shape index (κ3) is 3.01. The molecular weight excluding hydrogens is 334 g/mol. The fourth-order valence-electron chi connectivity index (χ4n) is 3.30. The van der Waals surface area contributed by atoms with Gasteiger partial charge in [-0.25, -0.2) is 0 Å². The maximum Gasteiger partial charge on any atom is 0.428 e. The van der Waals surface area contributed by atoms with Crippen LogP contribution in [0.1, 0.15) is 20.3 Å². The van der Waals surface area contributed by atoms with E-state index >= 15 is 0 Å². The molecule has 1 aromatic carbocycles. The van der Waals surface area contributed by atoms with Crippen molar-refractivity contribution in [3.8, 4) is 5.69 Å². The Kier molecular flexibility index (Phi) is 4.31. The Hall–Kier alpha value is -2.35. The SMILES string of the molecule is C[C@@H]1C[C@@H](C)CN(c2c([N+](=O)[O-])nn(-c3ccc(Cl)cc3)[n+]2[O-])C1. The predicted molar refractivity (Wildman–Crippen MR) is 89.3 cm³/mol. The Bertz CT molecular complexity index is 751. The highest BCUT2D eigenvalue weighted by molar-refractivity contribution is 6.30. The number of rotatable bonds is 3. The molecule has 0 saturated carbocycles. The van der Waals surface area contributed by atoms with Crippen LogP contribution in [0.2, 0.25) is 5.02 Å². The molecule has 2 atom stereocenters. The number of halogens is 1.